The number of urea groups is 1. The van der Waals surface area contributed by atoms with Crippen molar-refractivity contribution in [2.45, 2.75) is 6.54 Å². The largest absolute Gasteiger partial charge is 0.384 e. The lowest BCUT2D eigenvalue weighted by Crippen LogP contribution is -2.28. The highest BCUT2D eigenvalue weighted by Crippen LogP contribution is 2.22. The first kappa shape index (κ1) is 15.3. The minimum Gasteiger partial charge on any atom is -0.384 e. The Labute approximate surface area is 135 Å². The molecule has 4 amide bonds. The van der Waals surface area contributed by atoms with Crippen molar-refractivity contribution in [3.8, 4) is 5.69 Å². The van der Waals surface area contributed by atoms with Gasteiger partial charge in [0.05, 0.1) is 16.8 Å². The van der Waals surface area contributed by atoms with Crippen LogP contribution in [0.1, 0.15) is 26.3 Å². The summed E-state index contributed by atoms with van der Waals surface area (Å²) in [7, 11) is 0. The summed E-state index contributed by atoms with van der Waals surface area (Å²) in [6, 6.07) is 7.00. The van der Waals surface area contributed by atoms with Crippen molar-refractivity contribution >= 4 is 23.7 Å². The normalized spacial score (nSPS) is 12.7. The average molecular weight is 327 g/mol. The van der Waals surface area contributed by atoms with Gasteiger partial charge in [0.25, 0.3) is 17.4 Å². The van der Waals surface area contributed by atoms with E-state index in [9.17, 15) is 19.2 Å². The molecule has 1 aliphatic rings. The standard InChI is InChI=1S/C15H13N5O4/c16-12-11-9(13(22)19-14(11)23)5-10(21)20(12)8-3-1-7(2-4-8)6-18-15(17)24/h1-5H,6,16H2,(H3,17,18,24)(H,19,22,23). The van der Waals surface area contributed by atoms with Crippen molar-refractivity contribution in [3.63, 3.8) is 0 Å². The predicted molar refractivity (Wildman–Crippen MR) is 84.7 cm³/mol. The topological polar surface area (TPSA) is 149 Å². The Bertz CT molecular complexity index is 930. The van der Waals surface area contributed by atoms with E-state index in [2.05, 4.69) is 10.6 Å². The molecule has 9 heteroatoms. The molecule has 9 nitrogen and oxygen atoms in total. The number of nitrogens with one attached hydrogen (secondary N) is 2. The summed E-state index contributed by atoms with van der Waals surface area (Å²) >= 11 is 0. The number of carbonyl (C=O) groups excluding carboxylic acids is 3. The molecule has 1 aliphatic heterocycles. The summed E-state index contributed by atoms with van der Waals surface area (Å²) in [5.41, 5.74) is 11.6. The number of pyridine rings is 1. The van der Waals surface area contributed by atoms with Crippen LogP contribution >= 0.6 is 0 Å². The fraction of sp³-hybridized carbons (Fsp3) is 0.0667. The molecule has 0 radical (unpaired) electrons. The maximum atomic E-state index is 12.3. The molecule has 3 rings (SSSR count). The molecule has 0 unspecified atom stereocenters. The lowest BCUT2D eigenvalue weighted by molar-refractivity contribution is 0.0880. The molecule has 2 heterocycles. The first-order chi connectivity index (χ1) is 11.4. The Morgan fingerprint density at radius 2 is 1.79 bits per heavy atom. The van der Waals surface area contributed by atoms with Crippen LogP contribution in [0.4, 0.5) is 10.6 Å². The predicted octanol–water partition coefficient (Wildman–Crippen LogP) is -0.528. The molecule has 0 atom stereocenters. The summed E-state index contributed by atoms with van der Waals surface area (Å²) in [5.74, 6) is -1.38. The quantitative estimate of drug-likeness (QED) is 0.559. The van der Waals surface area contributed by atoms with E-state index in [1.165, 1.54) is 0 Å². The number of hydrogen-bond acceptors (Lipinski definition) is 5. The molecule has 0 aliphatic carbocycles. The third-order valence-corrected chi connectivity index (χ3v) is 3.61. The number of fused-ring (bicyclic) bond motifs is 1. The number of primary amides is 1. The van der Waals surface area contributed by atoms with Gasteiger partial charge in [-0.1, -0.05) is 12.1 Å². The second-order valence-electron chi connectivity index (χ2n) is 5.16. The molecule has 1 aromatic heterocycles. The summed E-state index contributed by atoms with van der Waals surface area (Å²) in [6.45, 7) is 0.237. The maximum absolute atomic E-state index is 12.3. The van der Waals surface area contributed by atoms with Gasteiger partial charge in [0.1, 0.15) is 5.82 Å². The molecule has 2 aromatic rings. The van der Waals surface area contributed by atoms with Crippen molar-refractivity contribution in [2.24, 2.45) is 5.73 Å². The number of nitrogen functional groups attached to an aromatic ring is 1. The number of carbonyl (C=O) groups is 3. The molecule has 6 N–H and O–H groups in total. The number of aromatic nitrogens is 1. The van der Waals surface area contributed by atoms with Gasteiger partial charge in [-0.15, -0.1) is 0 Å². The van der Waals surface area contributed by atoms with Gasteiger partial charge in [0.15, 0.2) is 0 Å². The SMILES string of the molecule is NC(=O)NCc1ccc(-n2c(N)c3c(cc2=O)C(=O)NC3=O)cc1. The molecule has 0 bridgehead atoms. The fourth-order valence-electron chi connectivity index (χ4n) is 2.50. The van der Waals surface area contributed by atoms with Crippen LogP contribution in [0.25, 0.3) is 5.69 Å². The van der Waals surface area contributed by atoms with Crippen LogP contribution in [0.3, 0.4) is 0 Å². The number of benzene rings is 1. The molecule has 0 saturated heterocycles. The van der Waals surface area contributed by atoms with Crippen LogP contribution in [-0.2, 0) is 6.54 Å². The van der Waals surface area contributed by atoms with Crippen LogP contribution in [-0.4, -0.2) is 22.4 Å². The number of imide groups is 1. The van der Waals surface area contributed by atoms with E-state index in [1.807, 2.05) is 0 Å². The lowest BCUT2D eigenvalue weighted by atomic mass is 10.1. The lowest BCUT2D eigenvalue weighted by Gasteiger charge is -2.12. The summed E-state index contributed by atoms with van der Waals surface area (Å²) in [6.07, 6.45) is 0. The second kappa shape index (κ2) is 5.54. The molecule has 0 saturated carbocycles. The summed E-state index contributed by atoms with van der Waals surface area (Å²) in [4.78, 5) is 46.4. The molecular formula is C15H13N5O4. The third-order valence-electron chi connectivity index (χ3n) is 3.61. The van der Waals surface area contributed by atoms with E-state index in [1.54, 1.807) is 24.3 Å². The number of amides is 4. The minimum atomic E-state index is -0.645. The first-order valence-electron chi connectivity index (χ1n) is 6.92. The van der Waals surface area contributed by atoms with Gasteiger partial charge in [-0.05, 0) is 17.7 Å². The van der Waals surface area contributed by atoms with Crippen LogP contribution in [0.2, 0.25) is 0 Å². The van der Waals surface area contributed by atoms with Crippen molar-refractivity contribution < 1.29 is 14.4 Å². The monoisotopic (exact) mass is 327 g/mol. The Kier molecular flexibility index (Phi) is 3.53. The third kappa shape index (κ3) is 2.47. The molecule has 0 spiro atoms. The van der Waals surface area contributed by atoms with Crippen molar-refractivity contribution in [1.82, 2.24) is 15.2 Å². The Morgan fingerprint density at radius 1 is 1.12 bits per heavy atom. The van der Waals surface area contributed by atoms with Gasteiger partial charge in [-0.3, -0.25) is 24.3 Å². The molecule has 1 aromatic carbocycles. The van der Waals surface area contributed by atoms with Crippen LogP contribution in [0.15, 0.2) is 35.1 Å². The zero-order valence-electron chi connectivity index (χ0n) is 12.3. The van der Waals surface area contributed by atoms with E-state index >= 15 is 0 Å². The van der Waals surface area contributed by atoms with E-state index in [4.69, 9.17) is 11.5 Å². The zero-order valence-corrected chi connectivity index (χ0v) is 12.3. The van der Waals surface area contributed by atoms with Gasteiger partial charge in [0, 0.05) is 12.6 Å². The number of rotatable bonds is 3. The molecule has 0 fully saturated rings. The van der Waals surface area contributed by atoms with Gasteiger partial charge >= 0.3 is 6.03 Å². The van der Waals surface area contributed by atoms with E-state index in [-0.39, 0.29) is 23.5 Å². The number of anilines is 1. The minimum absolute atomic E-state index is 0.0147. The highest BCUT2D eigenvalue weighted by molar-refractivity contribution is 6.23. The van der Waals surface area contributed by atoms with Crippen molar-refractivity contribution in [3.05, 3.63) is 57.4 Å². The van der Waals surface area contributed by atoms with Gasteiger partial charge in [-0.2, -0.15) is 0 Å². The van der Waals surface area contributed by atoms with E-state index in [0.717, 1.165) is 16.2 Å². The van der Waals surface area contributed by atoms with Crippen LogP contribution < -0.4 is 27.7 Å². The van der Waals surface area contributed by atoms with Crippen LogP contribution in [0.5, 0.6) is 0 Å². The Hall–Kier alpha value is -3.62. The maximum Gasteiger partial charge on any atom is 0.312 e. The van der Waals surface area contributed by atoms with Gasteiger partial charge in [0.2, 0.25) is 0 Å². The number of nitrogens with two attached hydrogens (primary N) is 2. The number of nitrogens with zero attached hydrogens (tertiary/aromatic N) is 1. The number of hydrogen-bond donors (Lipinski definition) is 4. The highest BCUT2D eigenvalue weighted by atomic mass is 16.2. The fourth-order valence-corrected chi connectivity index (χ4v) is 2.50. The summed E-state index contributed by atoms with van der Waals surface area (Å²) < 4.78 is 1.14. The van der Waals surface area contributed by atoms with E-state index < -0.39 is 23.4 Å². The average Bonchev–Trinajstić information content (AvgIpc) is 2.80. The Balaban J connectivity index is 2.03. The van der Waals surface area contributed by atoms with Crippen molar-refractivity contribution in [2.75, 3.05) is 5.73 Å². The van der Waals surface area contributed by atoms with Gasteiger partial charge in [-0.25, -0.2) is 4.79 Å². The smallest absolute Gasteiger partial charge is 0.312 e. The molecule has 122 valence electrons. The second-order valence-corrected chi connectivity index (χ2v) is 5.16. The van der Waals surface area contributed by atoms with Gasteiger partial charge < -0.3 is 16.8 Å². The highest BCUT2D eigenvalue weighted by Gasteiger charge is 2.31. The first-order valence-corrected chi connectivity index (χ1v) is 6.92. The van der Waals surface area contributed by atoms with Crippen LogP contribution in [0, 0.1) is 0 Å². The van der Waals surface area contributed by atoms with Crippen molar-refractivity contribution in [1.29, 1.82) is 0 Å². The zero-order chi connectivity index (χ0) is 17.4. The van der Waals surface area contributed by atoms with E-state index in [0.29, 0.717) is 5.69 Å². The Morgan fingerprint density at radius 3 is 2.42 bits per heavy atom. The molecular weight excluding hydrogens is 314 g/mol. The molecule has 24 heavy (non-hydrogen) atoms. The summed E-state index contributed by atoms with van der Waals surface area (Å²) in [5, 5.41) is 4.55.